The van der Waals surface area contributed by atoms with Gasteiger partial charge in [-0.25, -0.2) is 4.79 Å². The Morgan fingerprint density at radius 2 is 1.88 bits per heavy atom. The Morgan fingerprint density at radius 3 is 2.40 bits per heavy atom. The zero-order valence-electron chi connectivity index (χ0n) is 15.5. The summed E-state index contributed by atoms with van der Waals surface area (Å²) in [5.41, 5.74) is 0.826. The molecule has 0 amide bonds. The monoisotopic (exact) mass is 346 g/mol. The lowest BCUT2D eigenvalue weighted by atomic mass is 9.71. The largest absolute Gasteiger partial charge is 0.493 e. The number of benzene rings is 1. The molecule has 136 valence electrons. The molecule has 0 heterocycles. The van der Waals surface area contributed by atoms with Gasteiger partial charge in [-0.15, -0.1) is 0 Å². The molecule has 2 fully saturated rings. The number of hydrogen-bond acceptors (Lipinski definition) is 5. The summed E-state index contributed by atoms with van der Waals surface area (Å²) in [4.78, 5) is 23.7. The first kappa shape index (κ1) is 17.8. The Bertz CT molecular complexity index is 705. The van der Waals surface area contributed by atoms with Gasteiger partial charge in [0.2, 0.25) is 0 Å². The van der Waals surface area contributed by atoms with E-state index in [1.54, 1.807) is 18.2 Å². The van der Waals surface area contributed by atoms with Crippen LogP contribution in [0.1, 0.15) is 57.3 Å². The first-order valence-electron chi connectivity index (χ1n) is 8.75. The number of carbonyl (C=O) groups is 2. The maximum Gasteiger partial charge on any atom is 0.338 e. The van der Waals surface area contributed by atoms with Crippen molar-refractivity contribution in [2.75, 3.05) is 7.11 Å². The van der Waals surface area contributed by atoms with Crippen LogP contribution in [0, 0.1) is 16.7 Å². The van der Waals surface area contributed by atoms with Crippen molar-refractivity contribution < 1.29 is 23.8 Å². The second kappa shape index (κ2) is 6.04. The summed E-state index contributed by atoms with van der Waals surface area (Å²) in [6.07, 6.45) is 3.18. The van der Waals surface area contributed by atoms with Crippen molar-refractivity contribution >= 4 is 11.9 Å². The van der Waals surface area contributed by atoms with E-state index < -0.39 is 5.97 Å². The van der Waals surface area contributed by atoms with Crippen molar-refractivity contribution in [1.82, 2.24) is 0 Å². The molecule has 0 N–H and O–H groups in total. The van der Waals surface area contributed by atoms with E-state index in [-0.39, 0.29) is 22.9 Å². The highest BCUT2D eigenvalue weighted by Crippen LogP contribution is 2.66. The molecule has 1 aromatic rings. The van der Waals surface area contributed by atoms with Crippen LogP contribution in [0.15, 0.2) is 18.2 Å². The molecule has 1 aromatic carbocycles. The molecule has 0 spiro atoms. The van der Waals surface area contributed by atoms with Crippen LogP contribution in [0.4, 0.5) is 0 Å². The Labute approximate surface area is 148 Å². The third-order valence-electron chi connectivity index (χ3n) is 6.50. The third-order valence-corrected chi connectivity index (χ3v) is 6.50. The molecule has 25 heavy (non-hydrogen) atoms. The Morgan fingerprint density at radius 1 is 1.16 bits per heavy atom. The van der Waals surface area contributed by atoms with Crippen LogP contribution in [0.3, 0.4) is 0 Å². The van der Waals surface area contributed by atoms with E-state index in [2.05, 4.69) is 20.8 Å². The standard InChI is InChI=1S/C20H26O5/c1-12(21)24-15-7-6-13(10-16(15)23-5)18(22)25-17-11-20(4)9-8-14(17)19(20,2)3/h6-7,10,14,17H,8-9,11H2,1-5H3/t14-,17-,20-/m1/s1. The van der Waals surface area contributed by atoms with Gasteiger partial charge < -0.3 is 14.2 Å². The molecular weight excluding hydrogens is 320 g/mol. The fourth-order valence-corrected chi connectivity index (χ4v) is 4.57. The van der Waals surface area contributed by atoms with E-state index in [9.17, 15) is 9.59 Å². The summed E-state index contributed by atoms with van der Waals surface area (Å²) in [7, 11) is 1.47. The maximum absolute atomic E-state index is 12.6. The highest BCUT2D eigenvalue weighted by atomic mass is 16.6. The van der Waals surface area contributed by atoms with Crippen LogP contribution in [0.25, 0.3) is 0 Å². The second-order valence-electron chi connectivity index (χ2n) is 8.03. The van der Waals surface area contributed by atoms with Crippen molar-refractivity contribution in [1.29, 1.82) is 0 Å². The van der Waals surface area contributed by atoms with E-state index >= 15 is 0 Å². The maximum atomic E-state index is 12.6. The van der Waals surface area contributed by atoms with E-state index in [1.807, 2.05) is 0 Å². The molecule has 2 aliphatic rings. The molecule has 0 aliphatic heterocycles. The summed E-state index contributed by atoms with van der Waals surface area (Å²) in [6.45, 7) is 8.20. The fraction of sp³-hybridized carbons (Fsp3) is 0.600. The summed E-state index contributed by atoms with van der Waals surface area (Å²) in [5.74, 6) is 0.240. The number of esters is 2. The smallest absolute Gasteiger partial charge is 0.338 e. The zero-order chi connectivity index (χ0) is 18.4. The molecule has 5 heteroatoms. The molecule has 0 unspecified atom stereocenters. The quantitative estimate of drug-likeness (QED) is 0.609. The van der Waals surface area contributed by atoms with Gasteiger partial charge in [-0.2, -0.15) is 0 Å². The SMILES string of the molecule is COc1cc(C(=O)O[C@@H]2C[C@@]3(C)CC[C@H]2C3(C)C)ccc1OC(C)=O. The highest BCUT2D eigenvalue weighted by molar-refractivity contribution is 5.90. The first-order valence-corrected chi connectivity index (χ1v) is 8.75. The number of fused-ring (bicyclic) bond motifs is 2. The van der Waals surface area contributed by atoms with E-state index in [1.165, 1.54) is 20.5 Å². The molecule has 2 bridgehead atoms. The van der Waals surface area contributed by atoms with Crippen LogP contribution in [0.5, 0.6) is 11.5 Å². The Kier molecular flexibility index (Phi) is 4.30. The van der Waals surface area contributed by atoms with Gasteiger partial charge in [-0.05, 0) is 48.3 Å². The number of carbonyl (C=O) groups excluding carboxylic acids is 2. The van der Waals surface area contributed by atoms with Crippen LogP contribution in [0.2, 0.25) is 0 Å². The average molecular weight is 346 g/mol. The van der Waals surface area contributed by atoms with Crippen LogP contribution in [-0.4, -0.2) is 25.2 Å². The Balaban J connectivity index is 1.75. The molecule has 3 atom stereocenters. The molecule has 0 radical (unpaired) electrons. The van der Waals surface area contributed by atoms with Gasteiger partial charge in [0.15, 0.2) is 11.5 Å². The molecular formula is C20H26O5. The average Bonchev–Trinajstić information content (AvgIpc) is 2.87. The van der Waals surface area contributed by atoms with Crippen molar-refractivity contribution in [3.05, 3.63) is 23.8 Å². The van der Waals surface area contributed by atoms with Gasteiger partial charge in [0.25, 0.3) is 0 Å². The first-order chi connectivity index (χ1) is 11.7. The van der Waals surface area contributed by atoms with Crippen molar-refractivity contribution in [2.45, 2.75) is 53.1 Å². The molecule has 3 rings (SSSR count). The summed E-state index contributed by atoms with van der Waals surface area (Å²) < 4.78 is 16.1. The number of methoxy groups -OCH3 is 1. The second-order valence-corrected chi connectivity index (χ2v) is 8.03. The van der Waals surface area contributed by atoms with Gasteiger partial charge in [-0.3, -0.25) is 4.79 Å². The summed E-state index contributed by atoms with van der Waals surface area (Å²) >= 11 is 0. The lowest BCUT2D eigenvalue weighted by molar-refractivity contribution is -0.132. The van der Waals surface area contributed by atoms with Gasteiger partial charge in [0.05, 0.1) is 12.7 Å². The van der Waals surface area contributed by atoms with E-state index in [4.69, 9.17) is 14.2 Å². The molecule has 0 aromatic heterocycles. The van der Waals surface area contributed by atoms with Crippen molar-refractivity contribution in [2.24, 2.45) is 16.7 Å². The van der Waals surface area contributed by atoms with Crippen LogP contribution < -0.4 is 9.47 Å². The van der Waals surface area contributed by atoms with E-state index in [0.717, 1.165) is 12.8 Å². The minimum absolute atomic E-state index is 0.0413. The number of hydrogen-bond donors (Lipinski definition) is 0. The topological polar surface area (TPSA) is 61.8 Å². The van der Waals surface area contributed by atoms with Crippen LogP contribution in [-0.2, 0) is 9.53 Å². The molecule has 5 nitrogen and oxygen atoms in total. The number of ether oxygens (including phenoxy) is 3. The fourth-order valence-electron chi connectivity index (χ4n) is 4.57. The highest BCUT2D eigenvalue weighted by Gasteiger charge is 2.61. The lowest BCUT2D eigenvalue weighted by Crippen LogP contribution is -2.28. The normalized spacial score (nSPS) is 29.3. The third kappa shape index (κ3) is 2.90. The van der Waals surface area contributed by atoms with Crippen molar-refractivity contribution in [3.8, 4) is 11.5 Å². The molecule has 0 saturated heterocycles. The number of rotatable bonds is 4. The minimum Gasteiger partial charge on any atom is -0.493 e. The predicted octanol–water partition coefficient (Wildman–Crippen LogP) is 3.99. The van der Waals surface area contributed by atoms with Crippen molar-refractivity contribution in [3.63, 3.8) is 0 Å². The summed E-state index contributed by atoms with van der Waals surface area (Å²) in [5, 5.41) is 0. The lowest BCUT2D eigenvalue weighted by Gasteiger charge is -2.33. The zero-order valence-corrected chi connectivity index (χ0v) is 15.5. The minimum atomic E-state index is -0.439. The van der Waals surface area contributed by atoms with Gasteiger partial charge in [0.1, 0.15) is 6.10 Å². The van der Waals surface area contributed by atoms with E-state index in [0.29, 0.717) is 23.0 Å². The Hall–Kier alpha value is -2.04. The summed E-state index contributed by atoms with van der Waals surface area (Å²) in [6, 6.07) is 4.72. The molecule has 2 saturated carbocycles. The van der Waals surface area contributed by atoms with Gasteiger partial charge in [0, 0.05) is 12.8 Å². The van der Waals surface area contributed by atoms with Crippen LogP contribution >= 0.6 is 0 Å². The van der Waals surface area contributed by atoms with Gasteiger partial charge >= 0.3 is 11.9 Å². The van der Waals surface area contributed by atoms with Gasteiger partial charge in [-0.1, -0.05) is 20.8 Å². The molecule has 2 aliphatic carbocycles. The predicted molar refractivity (Wildman–Crippen MR) is 92.7 cm³/mol.